The number of anilines is 1. The first-order valence-electron chi connectivity index (χ1n) is 12.5. The van der Waals surface area contributed by atoms with Gasteiger partial charge < -0.3 is 24.7 Å². The van der Waals surface area contributed by atoms with Crippen LogP contribution in [0.1, 0.15) is 22.2 Å². The molecule has 1 aliphatic rings. The van der Waals surface area contributed by atoms with E-state index in [1.165, 1.54) is 4.88 Å². The standard InChI is InChI=1S/C28H30N4O4S/c1-2-23-16-24-25(29-28(30-26(24)37-23)36-18-22(34)17-33)31-12-14-32(15-13-31)27(35)21-10-8-20(9-11-21)19-6-4-3-5-7-19/h3-11,16,22,33-34H,2,12-15,17-18H2,1H3/t22-/m0/s1. The number of aliphatic hydroxyl groups is 2. The highest BCUT2D eigenvalue weighted by Gasteiger charge is 2.25. The zero-order valence-electron chi connectivity index (χ0n) is 20.7. The highest BCUT2D eigenvalue weighted by Crippen LogP contribution is 2.33. The lowest BCUT2D eigenvalue weighted by Crippen LogP contribution is -2.49. The van der Waals surface area contributed by atoms with E-state index in [-0.39, 0.29) is 25.1 Å². The summed E-state index contributed by atoms with van der Waals surface area (Å²) in [6, 6.07) is 20.2. The number of carbonyl (C=O) groups is 1. The number of hydrogen-bond acceptors (Lipinski definition) is 8. The van der Waals surface area contributed by atoms with Gasteiger partial charge in [-0.05, 0) is 35.7 Å². The van der Waals surface area contributed by atoms with Crippen molar-refractivity contribution in [1.29, 1.82) is 0 Å². The van der Waals surface area contributed by atoms with Gasteiger partial charge in [-0.15, -0.1) is 11.3 Å². The monoisotopic (exact) mass is 518 g/mol. The maximum atomic E-state index is 13.2. The largest absolute Gasteiger partial charge is 0.461 e. The molecule has 4 aromatic rings. The van der Waals surface area contributed by atoms with Gasteiger partial charge in [0.25, 0.3) is 5.91 Å². The van der Waals surface area contributed by atoms with Crippen molar-refractivity contribution in [3.8, 4) is 17.1 Å². The number of amides is 1. The van der Waals surface area contributed by atoms with Gasteiger partial charge in [-0.25, -0.2) is 0 Å². The van der Waals surface area contributed by atoms with E-state index in [1.807, 2.05) is 47.4 Å². The third kappa shape index (κ3) is 5.58. The molecular formula is C28H30N4O4S. The molecule has 0 unspecified atom stereocenters. The maximum absolute atomic E-state index is 13.2. The van der Waals surface area contributed by atoms with Gasteiger partial charge in [-0.3, -0.25) is 4.79 Å². The van der Waals surface area contributed by atoms with Crippen LogP contribution in [0.5, 0.6) is 6.01 Å². The Morgan fingerprint density at radius 3 is 2.41 bits per heavy atom. The second-order valence-electron chi connectivity index (χ2n) is 8.98. The number of rotatable bonds is 8. The Labute approximate surface area is 219 Å². The van der Waals surface area contributed by atoms with Gasteiger partial charge in [0.1, 0.15) is 23.4 Å². The lowest BCUT2D eigenvalue weighted by molar-refractivity contribution is 0.0506. The van der Waals surface area contributed by atoms with Gasteiger partial charge >= 0.3 is 6.01 Å². The minimum Gasteiger partial charge on any atom is -0.461 e. The van der Waals surface area contributed by atoms with Crippen molar-refractivity contribution in [2.24, 2.45) is 0 Å². The normalized spacial score (nSPS) is 14.7. The Kier molecular flexibility index (Phi) is 7.64. The second-order valence-corrected chi connectivity index (χ2v) is 10.1. The van der Waals surface area contributed by atoms with Crippen LogP contribution in [0.25, 0.3) is 21.3 Å². The van der Waals surface area contributed by atoms with Crippen LogP contribution in [0, 0.1) is 0 Å². The summed E-state index contributed by atoms with van der Waals surface area (Å²) in [5.74, 6) is 0.798. The van der Waals surface area contributed by atoms with Crippen molar-refractivity contribution in [2.45, 2.75) is 19.4 Å². The Hall–Kier alpha value is -3.53. The predicted molar refractivity (Wildman–Crippen MR) is 145 cm³/mol. The number of aryl methyl sites for hydroxylation is 1. The number of benzene rings is 2. The van der Waals surface area contributed by atoms with Crippen molar-refractivity contribution < 1.29 is 19.7 Å². The Bertz CT molecular complexity index is 1350. The van der Waals surface area contributed by atoms with Crippen molar-refractivity contribution in [3.63, 3.8) is 0 Å². The van der Waals surface area contributed by atoms with Gasteiger partial charge in [0.15, 0.2) is 0 Å². The van der Waals surface area contributed by atoms with Gasteiger partial charge in [-0.2, -0.15) is 9.97 Å². The molecule has 1 atom stereocenters. The van der Waals surface area contributed by atoms with Crippen LogP contribution in [0.4, 0.5) is 5.82 Å². The zero-order valence-corrected chi connectivity index (χ0v) is 21.5. The Balaban J connectivity index is 1.29. The summed E-state index contributed by atoms with van der Waals surface area (Å²) < 4.78 is 5.58. The lowest BCUT2D eigenvalue weighted by Gasteiger charge is -2.35. The van der Waals surface area contributed by atoms with E-state index in [0.29, 0.717) is 31.7 Å². The van der Waals surface area contributed by atoms with E-state index in [0.717, 1.165) is 33.6 Å². The molecule has 0 radical (unpaired) electrons. The van der Waals surface area contributed by atoms with Gasteiger partial charge in [0.05, 0.1) is 12.0 Å². The fourth-order valence-corrected chi connectivity index (χ4v) is 5.33. The molecule has 3 heterocycles. The van der Waals surface area contributed by atoms with Gasteiger partial charge in [0, 0.05) is 36.6 Å². The molecule has 5 rings (SSSR count). The minimum absolute atomic E-state index is 0.0258. The first-order chi connectivity index (χ1) is 18.1. The van der Waals surface area contributed by atoms with Gasteiger partial charge in [-0.1, -0.05) is 49.4 Å². The van der Waals surface area contributed by atoms with Crippen molar-refractivity contribution in [2.75, 3.05) is 44.3 Å². The van der Waals surface area contributed by atoms with E-state index >= 15 is 0 Å². The molecule has 0 spiro atoms. The predicted octanol–water partition coefficient (Wildman–Crippen LogP) is 3.62. The molecule has 0 aliphatic carbocycles. The minimum atomic E-state index is -0.992. The average molecular weight is 519 g/mol. The molecular weight excluding hydrogens is 488 g/mol. The molecule has 9 heteroatoms. The number of aromatic nitrogens is 2. The van der Waals surface area contributed by atoms with E-state index in [1.54, 1.807) is 11.3 Å². The molecule has 192 valence electrons. The molecule has 2 aromatic heterocycles. The number of nitrogens with zero attached hydrogens (tertiary/aromatic N) is 4. The summed E-state index contributed by atoms with van der Waals surface area (Å²) >= 11 is 1.60. The molecule has 37 heavy (non-hydrogen) atoms. The number of hydrogen-bond donors (Lipinski definition) is 2. The quantitative estimate of drug-likeness (QED) is 0.368. The molecule has 1 saturated heterocycles. The summed E-state index contributed by atoms with van der Waals surface area (Å²) in [5.41, 5.74) is 2.89. The second kappa shape index (κ2) is 11.2. The van der Waals surface area contributed by atoms with E-state index < -0.39 is 6.10 Å². The Morgan fingerprint density at radius 2 is 1.73 bits per heavy atom. The van der Waals surface area contributed by atoms with Crippen molar-refractivity contribution in [3.05, 3.63) is 71.1 Å². The summed E-state index contributed by atoms with van der Waals surface area (Å²) in [6.45, 7) is 4.05. The molecule has 2 N–H and O–H groups in total. The molecule has 2 aromatic carbocycles. The average Bonchev–Trinajstić information content (AvgIpc) is 3.39. The number of thiophene rings is 1. The van der Waals surface area contributed by atoms with Gasteiger partial charge in [0.2, 0.25) is 0 Å². The van der Waals surface area contributed by atoms with E-state index in [9.17, 15) is 9.90 Å². The van der Waals surface area contributed by atoms with Crippen LogP contribution in [0.2, 0.25) is 0 Å². The van der Waals surface area contributed by atoms with Crippen LogP contribution in [-0.2, 0) is 6.42 Å². The highest BCUT2D eigenvalue weighted by molar-refractivity contribution is 7.18. The molecule has 0 bridgehead atoms. The third-order valence-corrected chi connectivity index (χ3v) is 7.65. The summed E-state index contributed by atoms with van der Waals surface area (Å²) in [6.07, 6.45) is -0.0980. The van der Waals surface area contributed by atoms with E-state index in [2.05, 4.69) is 40.0 Å². The summed E-state index contributed by atoms with van der Waals surface area (Å²) in [4.78, 5) is 28.4. The summed E-state index contributed by atoms with van der Waals surface area (Å²) in [5, 5.41) is 19.7. The first kappa shape index (κ1) is 25.1. The highest BCUT2D eigenvalue weighted by atomic mass is 32.1. The number of ether oxygens (including phenoxy) is 1. The number of fused-ring (bicyclic) bond motifs is 1. The lowest BCUT2D eigenvalue weighted by atomic mass is 10.0. The van der Waals surface area contributed by atoms with Crippen molar-refractivity contribution in [1.82, 2.24) is 14.9 Å². The topological polar surface area (TPSA) is 99.0 Å². The fourth-order valence-electron chi connectivity index (χ4n) is 4.38. The molecule has 8 nitrogen and oxygen atoms in total. The summed E-state index contributed by atoms with van der Waals surface area (Å²) in [7, 11) is 0. The van der Waals surface area contributed by atoms with Crippen LogP contribution in [0.3, 0.4) is 0 Å². The van der Waals surface area contributed by atoms with Crippen LogP contribution in [-0.4, -0.2) is 76.5 Å². The van der Waals surface area contributed by atoms with Crippen LogP contribution < -0.4 is 9.64 Å². The van der Waals surface area contributed by atoms with Crippen LogP contribution in [0.15, 0.2) is 60.7 Å². The molecule has 0 saturated carbocycles. The SMILES string of the molecule is CCc1cc2c(N3CCN(C(=O)c4ccc(-c5ccccc5)cc4)CC3)nc(OC[C@@H](O)CO)nc2s1. The first-order valence-corrected chi connectivity index (χ1v) is 13.3. The molecule has 1 fully saturated rings. The number of aliphatic hydroxyl groups excluding tert-OH is 2. The molecule has 1 amide bonds. The van der Waals surface area contributed by atoms with E-state index in [4.69, 9.17) is 9.84 Å². The Morgan fingerprint density at radius 1 is 1.03 bits per heavy atom. The third-order valence-electron chi connectivity index (χ3n) is 6.47. The number of carbonyl (C=O) groups excluding carboxylic acids is 1. The van der Waals surface area contributed by atoms with Crippen molar-refractivity contribution >= 4 is 33.3 Å². The fraction of sp³-hybridized carbons (Fsp3) is 0.321. The number of piperazine rings is 1. The smallest absolute Gasteiger partial charge is 0.319 e. The molecule has 1 aliphatic heterocycles. The zero-order chi connectivity index (χ0) is 25.8. The van der Waals surface area contributed by atoms with Crippen LogP contribution >= 0.6 is 11.3 Å². The maximum Gasteiger partial charge on any atom is 0.319 e.